The first kappa shape index (κ1) is 53.3. The van der Waals surface area contributed by atoms with Gasteiger partial charge >= 0.3 is 12.1 Å². The molecule has 7 aromatic rings. The second kappa shape index (κ2) is 23.2. The highest BCUT2D eigenvalue weighted by atomic mass is 35.5. The number of likely N-dealkylation sites (tertiary alicyclic amines) is 2. The van der Waals surface area contributed by atoms with E-state index < -0.39 is 26.0 Å². The summed E-state index contributed by atoms with van der Waals surface area (Å²) >= 11 is 6.16. The molecule has 4 aliphatic heterocycles. The van der Waals surface area contributed by atoms with Crippen LogP contribution in [-0.2, 0) is 31.4 Å². The number of hydrogen-bond donors (Lipinski definition) is 3. The van der Waals surface area contributed by atoms with Gasteiger partial charge in [-0.25, -0.2) is 45.4 Å². The molecule has 0 unspecified atom stereocenters. The Morgan fingerprint density at radius 3 is 1.66 bits per heavy atom. The first-order valence-electron chi connectivity index (χ1n) is 25.0. The van der Waals surface area contributed by atoms with E-state index in [1.54, 1.807) is 26.1 Å². The molecule has 8 heterocycles. The highest BCUT2D eigenvalue weighted by molar-refractivity contribution is 7.92. The first-order chi connectivity index (χ1) is 36.5. The lowest BCUT2D eigenvalue weighted by molar-refractivity contribution is 0.0605. The third-order valence-corrected chi connectivity index (χ3v) is 14.8. The summed E-state index contributed by atoms with van der Waals surface area (Å²) in [5.41, 5.74) is 4.66. The Labute approximate surface area is 445 Å². The molecule has 4 fully saturated rings. The van der Waals surface area contributed by atoms with E-state index >= 15 is 0 Å². The summed E-state index contributed by atoms with van der Waals surface area (Å²) in [5.74, 6) is 0.488. The van der Waals surface area contributed by atoms with Gasteiger partial charge in [0.05, 0.1) is 58.5 Å². The van der Waals surface area contributed by atoms with Crippen LogP contribution in [0.15, 0.2) is 109 Å². The van der Waals surface area contributed by atoms with Crippen molar-refractivity contribution in [1.29, 1.82) is 0 Å². The molecule has 3 N–H and O–H groups in total. The summed E-state index contributed by atoms with van der Waals surface area (Å²) in [4.78, 5) is 54.7. The van der Waals surface area contributed by atoms with E-state index in [0.29, 0.717) is 18.1 Å². The molecule has 3 aromatic carbocycles. The molecule has 0 saturated carbocycles. The SMILES string of the molecule is CS(=O)(=O)Nc1ccc(Cl)cc1C(=O)N1CCCC[C@H]1c1cc2nc(N3CCC3)ccn2n1.CS(=O)(=O)Nc1ccccc1C(=O)O.O=C(OCc1ccccc1)N1CCCC[C@H]1c1cc2nc(N3CCC3)ccn2n1. The zero-order valence-corrected chi connectivity index (χ0v) is 44.4. The van der Waals surface area contributed by atoms with Gasteiger partial charge in [0.1, 0.15) is 18.2 Å². The molecule has 4 aliphatic rings. The molecule has 76 heavy (non-hydrogen) atoms. The third kappa shape index (κ3) is 13.1. The van der Waals surface area contributed by atoms with Crippen molar-refractivity contribution in [3.63, 3.8) is 0 Å². The number of sulfonamides is 2. The van der Waals surface area contributed by atoms with Crippen LogP contribution >= 0.6 is 11.6 Å². The Morgan fingerprint density at radius 1 is 0.618 bits per heavy atom. The molecular formula is C52H59ClN12O9S2. The Kier molecular flexibility index (Phi) is 16.3. The van der Waals surface area contributed by atoms with E-state index in [1.807, 2.05) is 71.9 Å². The summed E-state index contributed by atoms with van der Waals surface area (Å²) in [6, 6.07) is 27.8. The molecular weight excluding hydrogens is 1040 g/mol. The molecule has 4 saturated heterocycles. The van der Waals surface area contributed by atoms with Crippen LogP contribution in [0.1, 0.15) is 101 Å². The van der Waals surface area contributed by atoms with Crippen LogP contribution in [0.3, 0.4) is 0 Å². The third-order valence-electron chi connectivity index (χ3n) is 13.4. The van der Waals surface area contributed by atoms with Gasteiger partial charge in [-0.05, 0) is 99.4 Å². The zero-order valence-electron chi connectivity index (χ0n) is 42.0. The monoisotopic (exact) mass is 1090 g/mol. The fourth-order valence-corrected chi connectivity index (χ4v) is 10.7. The number of aromatic carboxylic acids is 1. The largest absolute Gasteiger partial charge is 0.478 e. The number of aromatic nitrogens is 6. The van der Waals surface area contributed by atoms with Crippen LogP contribution in [0.5, 0.6) is 0 Å². The molecule has 24 heteroatoms. The number of carboxylic acid groups (broad SMARTS) is 1. The van der Waals surface area contributed by atoms with Crippen LogP contribution in [0.4, 0.5) is 27.8 Å². The molecule has 4 aromatic heterocycles. The molecule has 400 valence electrons. The fraction of sp³-hybridized carbons (Fsp3) is 0.365. The predicted molar refractivity (Wildman–Crippen MR) is 289 cm³/mol. The number of carboxylic acids is 1. The van der Waals surface area contributed by atoms with Crippen molar-refractivity contribution in [2.24, 2.45) is 0 Å². The second-order valence-corrected chi connectivity index (χ2v) is 23.0. The number of nitrogens with one attached hydrogen (secondary N) is 2. The fourth-order valence-electron chi connectivity index (χ4n) is 9.38. The van der Waals surface area contributed by atoms with Gasteiger partial charge < -0.3 is 24.5 Å². The van der Waals surface area contributed by atoms with Crippen LogP contribution < -0.4 is 19.2 Å². The standard InChI is InChI=1S/C22H25ClN6O3S.C22H25N5O2.C8H9NO4S/c1-33(31,32)26-17-7-6-15(23)13-16(17)22(30)28-11-3-2-5-19(28)18-14-21-24-20(27-9-4-10-27)8-12-29(21)25-18;28-22(29-16-17-7-2-1-3-8-17)26-13-5-4-9-19(26)18-15-21-23-20(25-11-6-12-25)10-14-27(21)24-18;1-14(12,13)9-7-5-3-2-4-6(7)8(10)11/h6-8,12-14,19,26H,2-5,9-11H2,1H3;1-3,7-8,10,14-15,19H,4-6,9,11-13,16H2;2-5,9H,1H3,(H,10,11)/t2*19-;/m00./s1. The highest BCUT2D eigenvalue weighted by Crippen LogP contribution is 2.35. The number of nitrogens with zero attached hydrogens (tertiary/aromatic N) is 10. The number of hydrogen-bond acceptors (Lipinski definition) is 14. The Bertz CT molecular complexity index is 3460. The van der Waals surface area contributed by atoms with Gasteiger partial charge in [0.25, 0.3) is 5.91 Å². The summed E-state index contributed by atoms with van der Waals surface area (Å²) in [5, 5.41) is 18.5. The number of carbonyl (C=O) groups is 3. The lowest BCUT2D eigenvalue weighted by atomic mass is 9.98. The van der Waals surface area contributed by atoms with E-state index in [4.69, 9.17) is 41.6 Å². The van der Waals surface area contributed by atoms with Crippen molar-refractivity contribution in [2.75, 3.05) is 71.0 Å². The lowest BCUT2D eigenvalue weighted by Crippen LogP contribution is -2.39. The van der Waals surface area contributed by atoms with E-state index in [0.717, 1.165) is 117 Å². The van der Waals surface area contributed by atoms with Crippen LogP contribution in [0.2, 0.25) is 5.02 Å². The normalized spacial score (nSPS) is 17.6. The van der Waals surface area contributed by atoms with E-state index in [2.05, 4.69) is 19.2 Å². The predicted octanol–water partition coefficient (Wildman–Crippen LogP) is 7.89. The quantitative estimate of drug-likeness (QED) is 0.105. The molecule has 21 nitrogen and oxygen atoms in total. The number of halogens is 1. The maximum atomic E-state index is 13.6. The van der Waals surface area contributed by atoms with Crippen molar-refractivity contribution >= 4 is 83.9 Å². The average molecular weight is 1100 g/mol. The van der Waals surface area contributed by atoms with Crippen molar-refractivity contribution in [3.8, 4) is 0 Å². The number of fused-ring (bicyclic) bond motifs is 2. The molecule has 11 rings (SSSR count). The maximum Gasteiger partial charge on any atom is 0.410 e. The van der Waals surface area contributed by atoms with Crippen LogP contribution in [0.25, 0.3) is 11.3 Å². The van der Waals surface area contributed by atoms with Gasteiger partial charge in [-0.1, -0.05) is 54.1 Å². The number of carbonyl (C=O) groups excluding carboxylic acids is 2. The Hall–Kier alpha value is -7.50. The molecule has 0 spiro atoms. The first-order valence-corrected chi connectivity index (χ1v) is 29.2. The lowest BCUT2D eigenvalue weighted by Gasteiger charge is -2.35. The minimum absolute atomic E-state index is 0.0683. The zero-order chi connectivity index (χ0) is 53.6. The van der Waals surface area contributed by atoms with E-state index in [1.165, 1.54) is 43.2 Å². The number of rotatable bonds is 12. The van der Waals surface area contributed by atoms with E-state index in [-0.39, 0.29) is 53.2 Å². The minimum Gasteiger partial charge on any atom is -0.478 e. The number of benzene rings is 3. The highest BCUT2D eigenvalue weighted by Gasteiger charge is 2.34. The smallest absolute Gasteiger partial charge is 0.410 e. The number of anilines is 4. The van der Waals surface area contributed by atoms with Gasteiger partial charge in [0.2, 0.25) is 20.0 Å². The number of para-hydroxylation sites is 1. The number of piperidine rings is 2. The van der Waals surface area contributed by atoms with Gasteiger partial charge in [0, 0.05) is 68.8 Å². The average Bonchev–Trinajstić information content (AvgIpc) is 3.99. The van der Waals surface area contributed by atoms with Crippen LogP contribution in [-0.4, -0.2) is 131 Å². The van der Waals surface area contributed by atoms with Gasteiger partial charge in [-0.3, -0.25) is 19.1 Å². The minimum atomic E-state index is -3.56. The van der Waals surface area contributed by atoms with Crippen molar-refractivity contribution < 1.29 is 41.1 Å². The summed E-state index contributed by atoms with van der Waals surface area (Å²) in [7, 11) is -7.01. The summed E-state index contributed by atoms with van der Waals surface area (Å²) in [6.07, 6.45) is 13.6. The Morgan fingerprint density at radius 2 is 1.13 bits per heavy atom. The Balaban J connectivity index is 0.000000150. The van der Waals surface area contributed by atoms with Gasteiger partial charge in [0.15, 0.2) is 11.3 Å². The molecule has 2 atom stereocenters. The topological polar surface area (TPSA) is 246 Å². The van der Waals surface area contributed by atoms with Gasteiger partial charge in [-0.15, -0.1) is 0 Å². The molecule has 2 amide bonds. The number of amides is 2. The molecule has 0 aliphatic carbocycles. The van der Waals surface area contributed by atoms with Crippen molar-refractivity contribution in [2.45, 2.75) is 70.1 Å². The maximum absolute atomic E-state index is 13.6. The molecule has 0 bridgehead atoms. The second-order valence-electron chi connectivity index (χ2n) is 19.0. The van der Waals surface area contributed by atoms with Crippen molar-refractivity contribution in [1.82, 2.24) is 39.0 Å². The summed E-state index contributed by atoms with van der Waals surface area (Å²) < 4.78 is 59.1. The van der Waals surface area contributed by atoms with E-state index in [9.17, 15) is 31.2 Å². The van der Waals surface area contributed by atoms with Crippen molar-refractivity contribution in [3.05, 3.63) is 143 Å². The number of ether oxygens (including phenoxy) is 1. The van der Waals surface area contributed by atoms with Gasteiger partial charge in [-0.2, -0.15) is 10.2 Å². The van der Waals surface area contributed by atoms with Crippen LogP contribution in [0, 0.1) is 0 Å². The summed E-state index contributed by atoms with van der Waals surface area (Å²) in [6.45, 7) is 5.68. The molecule has 0 radical (unpaired) electrons.